The van der Waals surface area contributed by atoms with Crippen molar-refractivity contribution in [1.29, 1.82) is 10.5 Å². The zero-order valence-corrected chi connectivity index (χ0v) is 6.21. The van der Waals surface area contributed by atoms with Crippen LogP contribution in [0.2, 0.25) is 0 Å². The van der Waals surface area contributed by atoms with Gasteiger partial charge in [-0.05, 0) is 12.1 Å². The molecule has 3 heteroatoms. The van der Waals surface area contributed by atoms with Gasteiger partial charge in [-0.3, -0.25) is 0 Å². The first-order valence-electron chi connectivity index (χ1n) is 3.31. The van der Waals surface area contributed by atoms with E-state index in [-0.39, 0.29) is 5.56 Å². The minimum atomic E-state index is -0.672. The largest absolute Gasteiger partial charge is 0.246 e. The van der Waals surface area contributed by atoms with E-state index in [2.05, 4.69) is 0 Å². The molecule has 1 aromatic carbocycles. The van der Waals surface area contributed by atoms with Gasteiger partial charge in [0.25, 0.3) is 0 Å². The Morgan fingerprint density at radius 3 is 2.50 bits per heavy atom. The third kappa shape index (κ3) is 1.41. The molecule has 1 aromatic rings. The predicted octanol–water partition coefficient (Wildman–Crippen LogP) is 1.90. The maximum atomic E-state index is 12.2. The normalized spacial score (nSPS) is 8.58. The van der Waals surface area contributed by atoms with Gasteiger partial charge in [-0.15, -0.1) is 0 Å². The molecule has 0 aliphatic carbocycles. The molecule has 0 heterocycles. The van der Waals surface area contributed by atoms with Crippen molar-refractivity contribution in [2.24, 2.45) is 0 Å². The van der Waals surface area contributed by atoms with Gasteiger partial charge in [0.1, 0.15) is 6.67 Å². The summed E-state index contributed by atoms with van der Waals surface area (Å²) in [7, 11) is 0. The van der Waals surface area contributed by atoms with Crippen LogP contribution in [0.3, 0.4) is 0 Å². The van der Waals surface area contributed by atoms with Crippen molar-refractivity contribution in [1.82, 2.24) is 0 Å². The number of hydrogen-bond donors (Lipinski definition) is 0. The van der Waals surface area contributed by atoms with E-state index in [1.807, 2.05) is 12.1 Å². The SMILES string of the molecule is N#Cc1ccc(CF)c(C#N)c1. The van der Waals surface area contributed by atoms with Gasteiger partial charge >= 0.3 is 0 Å². The van der Waals surface area contributed by atoms with Crippen molar-refractivity contribution in [2.75, 3.05) is 0 Å². The first-order valence-corrected chi connectivity index (χ1v) is 3.31. The van der Waals surface area contributed by atoms with Crippen LogP contribution in [0.4, 0.5) is 4.39 Å². The average molecular weight is 160 g/mol. The zero-order chi connectivity index (χ0) is 8.97. The van der Waals surface area contributed by atoms with Crippen molar-refractivity contribution in [3.8, 4) is 12.1 Å². The van der Waals surface area contributed by atoms with E-state index in [0.29, 0.717) is 11.1 Å². The number of benzene rings is 1. The first kappa shape index (κ1) is 8.23. The Labute approximate surface area is 69.5 Å². The van der Waals surface area contributed by atoms with Crippen LogP contribution in [0.1, 0.15) is 16.7 Å². The predicted molar refractivity (Wildman–Crippen MR) is 40.7 cm³/mol. The van der Waals surface area contributed by atoms with Crippen LogP contribution in [-0.4, -0.2) is 0 Å². The molecule has 0 radical (unpaired) electrons. The lowest BCUT2D eigenvalue weighted by atomic mass is 10.1. The van der Waals surface area contributed by atoms with E-state index in [1.165, 1.54) is 18.2 Å². The van der Waals surface area contributed by atoms with Crippen LogP contribution in [0.15, 0.2) is 18.2 Å². The summed E-state index contributed by atoms with van der Waals surface area (Å²) in [6.07, 6.45) is 0. The molecule has 0 aromatic heterocycles. The van der Waals surface area contributed by atoms with Crippen LogP contribution in [0, 0.1) is 22.7 Å². The monoisotopic (exact) mass is 160 g/mol. The molecule has 0 spiro atoms. The summed E-state index contributed by atoms with van der Waals surface area (Å²) < 4.78 is 12.2. The third-order valence-corrected chi connectivity index (χ3v) is 1.50. The van der Waals surface area contributed by atoms with Gasteiger partial charge in [0, 0.05) is 5.56 Å². The minimum Gasteiger partial charge on any atom is -0.246 e. The number of nitrogens with zero attached hydrogens (tertiary/aromatic N) is 2. The molecule has 0 atom stereocenters. The van der Waals surface area contributed by atoms with Gasteiger partial charge in [-0.2, -0.15) is 10.5 Å². The number of hydrogen-bond acceptors (Lipinski definition) is 2. The molecule has 0 N–H and O–H groups in total. The quantitative estimate of drug-likeness (QED) is 0.629. The molecular weight excluding hydrogens is 155 g/mol. The number of rotatable bonds is 1. The van der Waals surface area contributed by atoms with E-state index in [4.69, 9.17) is 10.5 Å². The summed E-state index contributed by atoms with van der Waals surface area (Å²) in [5.41, 5.74) is 0.941. The topological polar surface area (TPSA) is 47.6 Å². The van der Waals surface area contributed by atoms with Gasteiger partial charge in [0.15, 0.2) is 0 Å². The smallest absolute Gasteiger partial charge is 0.116 e. The molecule has 0 aliphatic heterocycles. The molecule has 58 valence electrons. The second-order valence-corrected chi connectivity index (χ2v) is 2.23. The van der Waals surface area contributed by atoms with Crippen LogP contribution in [0.25, 0.3) is 0 Å². The zero-order valence-electron chi connectivity index (χ0n) is 6.21. The van der Waals surface area contributed by atoms with Crippen molar-refractivity contribution >= 4 is 0 Å². The fourth-order valence-corrected chi connectivity index (χ4v) is 0.867. The molecule has 1 rings (SSSR count). The minimum absolute atomic E-state index is 0.233. The van der Waals surface area contributed by atoms with Crippen molar-refractivity contribution < 1.29 is 4.39 Å². The lowest BCUT2D eigenvalue weighted by molar-refractivity contribution is 0.484. The van der Waals surface area contributed by atoms with Gasteiger partial charge in [0.05, 0.1) is 23.3 Å². The summed E-state index contributed by atoms with van der Waals surface area (Å²) in [6.45, 7) is -0.672. The second-order valence-electron chi connectivity index (χ2n) is 2.23. The Morgan fingerprint density at radius 1 is 1.25 bits per heavy atom. The van der Waals surface area contributed by atoms with Crippen LogP contribution in [0.5, 0.6) is 0 Å². The Balaban J connectivity index is 3.24. The van der Waals surface area contributed by atoms with Crippen molar-refractivity contribution in [3.05, 3.63) is 34.9 Å². The van der Waals surface area contributed by atoms with Gasteiger partial charge in [-0.25, -0.2) is 4.39 Å². The highest BCUT2D eigenvalue weighted by Gasteiger charge is 2.01. The van der Waals surface area contributed by atoms with Gasteiger partial charge < -0.3 is 0 Å². The lowest BCUT2D eigenvalue weighted by Gasteiger charge is -1.96. The molecule has 0 fully saturated rings. The summed E-state index contributed by atoms with van der Waals surface area (Å²) in [5, 5.41) is 17.0. The van der Waals surface area contributed by atoms with Crippen LogP contribution >= 0.6 is 0 Å². The number of halogens is 1. The third-order valence-electron chi connectivity index (χ3n) is 1.50. The molecule has 0 bridgehead atoms. The summed E-state index contributed by atoms with van der Waals surface area (Å²) >= 11 is 0. The highest BCUT2D eigenvalue weighted by atomic mass is 19.1. The Hall–Kier alpha value is -1.87. The van der Waals surface area contributed by atoms with Crippen molar-refractivity contribution in [3.63, 3.8) is 0 Å². The molecule has 2 nitrogen and oxygen atoms in total. The molecular formula is C9H5FN2. The first-order chi connectivity index (χ1) is 5.81. The van der Waals surface area contributed by atoms with E-state index < -0.39 is 6.67 Å². The number of nitriles is 2. The molecule has 0 aliphatic rings. The second kappa shape index (κ2) is 3.50. The lowest BCUT2D eigenvalue weighted by Crippen LogP contribution is -1.87. The Morgan fingerprint density at radius 2 is 2.00 bits per heavy atom. The Bertz CT molecular complexity index is 371. The van der Waals surface area contributed by atoms with Crippen LogP contribution in [-0.2, 0) is 6.67 Å². The summed E-state index contributed by atoms with van der Waals surface area (Å²) in [4.78, 5) is 0. The highest BCUT2D eigenvalue weighted by Crippen LogP contribution is 2.11. The molecule has 12 heavy (non-hydrogen) atoms. The van der Waals surface area contributed by atoms with E-state index in [1.54, 1.807) is 0 Å². The van der Waals surface area contributed by atoms with Crippen molar-refractivity contribution in [2.45, 2.75) is 6.67 Å². The summed E-state index contributed by atoms with van der Waals surface area (Å²) in [5.74, 6) is 0. The average Bonchev–Trinajstić information content (AvgIpc) is 2.16. The molecule has 0 saturated carbocycles. The van der Waals surface area contributed by atoms with E-state index >= 15 is 0 Å². The molecule has 0 saturated heterocycles. The highest BCUT2D eigenvalue weighted by molar-refractivity contribution is 5.44. The van der Waals surface area contributed by atoms with Crippen LogP contribution < -0.4 is 0 Å². The molecule has 0 amide bonds. The Kier molecular flexibility index (Phi) is 2.40. The van der Waals surface area contributed by atoms with E-state index in [0.717, 1.165) is 0 Å². The van der Waals surface area contributed by atoms with E-state index in [9.17, 15) is 4.39 Å². The fraction of sp³-hybridized carbons (Fsp3) is 0.111. The standard InChI is InChI=1S/C9H5FN2/c10-4-8-2-1-7(5-11)3-9(8)6-12/h1-3H,4H2. The number of alkyl halides is 1. The maximum absolute atomic E-state index is 12.2. The molecule has 0 unspecified atom stereocenters. The van der Waals surface area contributed by atoms with Gasteiger partial charge in [-0.1, -0.05) is 6.07 Å². The maximum Gasteiger partial charge on any atom is 0.116 e. The fourth-order valence-electron chi connectivity index (χ4n) is 0.867. The van der Waals surface area contributed by atoms with Gasteiger partial charge in [0.2, 0.25) is 0 Å². The summed E-state index contributed by atoms with van der Waals surface area (Å²) in [6, 6.07) is 8.04.